The van der Waals surface area contributed by atoms with Gasteiger partial charge in [-0.05, 0) is 19.1 Å². The first-order valence-corrected chi connectivity index (χ1v) is 10.1. The van der Waals surface area contributed by atoms with E-state index in [4.69, 9.17) is 0 Å². The Morgan fingerprint density at radius 2 is 1.81 bits per heavy atom. The van der Waals surface area contributed by atoms with Crippen molar-refractivity contribution in [3.05, 3.63) is 36.0 Å². The molecule has 0 spiro atoms. The van der Waals surface area contributed by atoms with Crippen molar-refractivity contribution in [1.82, 2.24) is 24.7 Å². The van der Waals surface area contributed by atoms with Crippen molar-refractivity contribution in [2.24, 2.45) is 0 Å². The molecule has 1 N–H and O–H groups in total. The number of urea groups is 1. The third kappa shape index (κ3) is 4.14. The quantitative estimate of drug-likeness (QED) is 0.720. The molecule has 10 heteroatoms. The van der Waals surface area contributed by atoms with Gasteiger partial charge in [0.2, 0.25) is 5.91 Å². The summed E-state index contributed by atoms with van der Waals surface area (Å²) in [6, 6.07) is 8.36. The number of para-hydroxylation sites is 1. The number of likely N-dealkylation sites (N-methyl/N-ethyl adjacent to an activating group) is 1. The Morgan fingerprint density at radius 1 is 1.10 bits per heavy atom. The molecular weight excluding hydrogens is 400 g/mol. The average Bonchev–Trinajstić information content (AvgIpc) is 2.99. The summed E-state index contributed by atoms with van der Waals surface area (Å²) >= 11 is 0. The maximum Gasteiger partial charge on any atom is 0.327 e. The number of carbonyl (C=O) groups excluding carboxylic acids is 3. The van der Waals surface area contributed by atoms with Gasteiger partial charge in [0.15, 0.2) is 5.82 Å². The lowest BCUT2D eigenvalue weighted by atomic mass is 10.2. The van der Waals surface area contributed by atoms with Crippen LogP contribution in [0.1, 0.15) is 5.69 Å². The second kappa shape index (κ2) is 8.21. The Kier molecular flexibility index (Phi) is 5.45. The fourth-order valence-electron chi connectivity index (χ4n) is 3.74. The molecule has 4 amide bonds. The van der Waals surface area contributed by atoms with Crippen LogP contribution in [0, 0.1) is 6.92 Å². The summed E-state index contributed by atoms with van der Waals surface area (Å²) in [4.78, 5) is 51.6. The van der Waals surface area contributed by atoms with Gasteiger partial charge >= 0.3 is 6.03 Å². The molecule has 0 saturated carbocycles. The number of rotatable bonds is 4. The number of aromatic hydroxyl groups is 1. The molecule has 2 fully saturated rings. The molecule has 162 valence electrons. The van der Waals surface area contributed by atoms with Crippen LogP contribution < -0.4 is 4.90 Å². The summed E-state index contributed by atoms with van der Waals surface area (Å²) in [7, 11) is 1.54. The molecule has 1 aromatic heterocycles. The van der Waals surface area contributed by atoms with Crippen LogP contribution in [0.4, 0.5) is 10.6 Å². The van der Waals surface area contributed by atoms with Crippen molar-refractivity contribution in [2.45, 2.75) is 6.92 Å². The molecule has 3 heterocycles. The molecule has 31 heavy (non-hydrogen) atoms. The number of imide groups is 1. The number of hydrogen-bond acceptors (Lipinski definition) is 7. The van der Waals surface area contributed by atoms with Crippen molar-refractivity contribution in [3.8, 4) is 17.1 Å². The maximum absolute atomic E-state index is 12.6. The van der Waals surface area contributed by atoms with Gasteiger partial charge in [-0.1, -0.05) is 12.1 Å². The van der Waals surface area contributed by atoms with Crippen molar-refractivity contribution in [1.29, 1.82) is 0 Å². The molecule has 2 saturated heterocycles. The number of aryl methyl sites for hydroxylation is 1. The Balaban J connectivity index is 1.42. The number of piperazine rings is 1. The maximum atomic E-state index is 12.6. The number of amides is 4. The monoisotopic (exact) mass is 424 g/mol. The van der Waals surface area contributed by atoms with Gasteiger partial charge in [-0.15, -0.1) is 0 Å². The van der Waals surface area contributed by atoms with Gasteiger partial charge in [0.25, 0.3) is 5.91 Å². The van der Waals surface area contributed by atoms with Crippen LogP contribution in [-0.4, -0.2) is 93.9 Å². The smallest absolute Gasteiger partial charge is 0.327 e. The number of nitrogens with zero attached hydrogens (tertiary/aromatic N) is 6. The van der Waals surface area contributed by atoms with Gasteiger partial charge in [-0.25, -0.2) is 14.8 Å². The van der Waals surface area contributed by atoms with Crippen LogP contribution in [0.2, 0.25) is 0 Å². The van der Waals surface area contributed by atoms with Gasteiger partial charge in [0.1, 0.15) is 24.7 Å². The molecule has 0 unspecified atom stereocenters. The number of carbonyl (C=O) groups is 3. The normalized spacial score (nSPS) is 17.0. The van der Waals surface area contributed by atoms with Crippen LogP contribution >= 0.6 is 0 Å². The van der Waals surface area contributed by atoms with E-state index in [0.29, 0.717) is 37.6 Å². The van der Waals surface area contributed by atoms with Crippen LogP contribution in [0.25, 0.3) is 11.4 Å². The highest BCUT2D eigenvalue weighted by Crippen LogP contribution is 2.28. The van der Waals surface area contributed by atoms with Gasteiger partial charge < -0.3 is 19.8 Å². The van der Waals surface area contributed by atoms with Gasteiger partial charge in [-0.2, -0.15) is 0 Å². The fourth-order valence-corrected chi connectivity index (χ4v) is 3.74. The summed E-state index contributed by atoms with van der Waals surface area (Å²) in [5.74, 6) is 0.690. The molecule has 2 aliphatic heterocycles. The van der Waals surface area contributed by atoms with Crippen LogP contribution in [0.3, 0.4) is 0 Å². The van der Waals surface area contributed by atoms with Crippen LogP contribution in [0.15, 0.2) is 30.3 Å². The van der Waals surface area contributed by atoms with E-state index in [1.165, 1.54) is 11.9 Å². The largest absolute Gasteiger partial charge is 0.507 e. The number of anilines is 1. The second-order valence-electron chi connectivity index (χ2n) is 7.69. The van der Waals surface area contributed by atoms with E-state index < -0.39 is 6.03 Å². The molecule has 0 aliphatic carbocycles. The fraction of sp³-hybridized carbons (Fsp3) is 0.381. The highest BCUT2D eigenvalue weighted by atomic mass is 16.3. The minimum Gasteiger partial charge on any atom is -0.507 e. The molecule has 2 aliphatic rings. The predicted molar refractivity (Wildman–Crippen MR) is 112 cm³/mol. The number of phenols is 1. The lowest BCUT2D eigenvalue weighted by Crippen LogP contribution is -2.52. The van der Waals surface area contributed by atoms with Crippen molar-refractivity contribution in [3.63, 3.8) is 0 Å². The van der Waals surface area contributed by atoms with Crippen molar-refractivity contribution >= 4 is 23.7 Å². The van der Waals surface area contributed by atoms with Crippen molar-refractivity contribution in [2.75, 3.05) is 51.2 Å². The third-order valence-corrected chi connectivity index (χ3v) is 5.47. The average molecular weight is 424 g/mol. The highest BCUT2D eigenvalue weighted by molar-refractivity contribution is 6.04. The Morgan fingerprint density at radius 3 is 2.45 bits per heavy atom. The van der Waals surface area contributed by atoms with E-state index in [-0.39, 0.29) is 30.7 Å². The number of aromatic nitrogens is 2. The molecule has 2 aromatic rings. The summed E-state index contributed by atoms with van der Waals surface area (Å²) in [6.45, 7) is 3.68. The second-order valence-corrected chi connectivity index (χ2v) is 7.69. The molecule has 1 aromatic carbocycles. The van der Waals surface area contributed by atoms with Gasteiger partial charge in [-0.3, -0.25) is 14.5 Å². The molecule has 4 rings (SSSR count). The van der Waals surface area contributed by atoms with Crippen LogP contribution in [-0.2, 0) is 9.59 Å². The lowest BCUT2D eigenvalue weighted by molar-refractivity contribution is -0.136. The SMILES string of the molecule is Cc1cc(N2CCN(C(=O)CN3C(=O)CN(C)C3=O)CC2)nc(-c2ccccc2O)n1. The van der Waals surface area contributed by atoms with E-state index in [0.717, 1.165) is 16.4 Å². The minimum atomic E-state index is -0.440. The summed E-state index contributed by atoms with van der Waals surface area (Å²) in [5.41, 5.74) is 1.34. The van der Waals surface area contributed by atoms with Crippen molar-refractivity contribution < 1.29 is 19.5 Å². The molecule has 0 bridgehead atoms. The van der Waals surface area contributed by atoms with E-state index in [1.807, 2.05) is 19.1 Å². The summed E-state index contributed by atoms with van der Waals surface area (Å²) < 4.78 is 0. The van der Waals surface area contributed by atoms with Gasteiger partial charge in [0.05, 0.1) is 5.56 Å². The van der Waals surface area contributed by atoms with Gasteiger partial charge in [0, 0.05) is 45.0 Å². The molecule has 0 radical (unpaired) electrons. The van der Waals surface area contributed by atoms with E-state index in [2.05, 4.69) is 14.9 Å². The van der Waals surface area contributed by atoms with E-state index >= 15 is 0 Å². The topological polar surface area (TPSA) is 110 Å². The molecule has 10 nitrogen and oxygen atoms in total. The molecular formula is C21H24N6O4. The standard InChI is InChI=1S/C21H24N6O4/c1-14-11-17(23-20(22-14)15-5-3-4-6-16(15)28)25-7-9-26(10-8-25)18(29)13-27-19(30)12-24(2)21(27)31/h3-6,11,28H,7-10,12-13H2,1-2H3. The zero-order valence-corrected chi connectivity index (χ0v) is 17.5. The molecule has 0 atom stereocenters. The first kappa shape index (κ1) is 20.6. The minimum absolute atomic E-state index is 0.00621. The first-order valence-electron chi connectivity index (χ1n) is 10.1. The third-order valence-electron chi connectivity index (χ3n) is 5.47. The lowest BCUT2D eigenvalue weighted by Gasteiger charge is -2.36. The Labute approximate surface area is 179 Å². The summed E-state index contributed by atoms with van der Waals surface area (Å²) in [5, 5.41) is 10.1. The van der Waals surface area contributed by atoms with E-state index in [1.54, 1.807) is 23.1 Å². The zero-order valence-electron chi connectivity index (χ0n) is 17.5. The Hall–Kier alpha value is -3.69. The summed E-state index contributed by atoms with van der Waals surface area (Å²) in [6.07, 6.45) is 0. The number of hydrogen-bond donors (Lipinski definition) is 1. The number of benzene rings is 1. The van der Waals surface area contributed by atoms with Crippen LogP contribution in [0.5, 0.6) is 5.75 Å². The van der Waals surface area contributed by atoms with E-state index in [9.17, 15) is 19.5 Å². The predicted octanol–water partition coefficient (Wildman–Crippen LogP) is 0.700. The Bertz CT molecular complexity index is 1030. The zero-order chi connectivity index (χ0) is 22.1. The number of phenolic OH excluding ortho intramolecular Hbond substituents is 1. The first-order chi connectivity index (χ1) is 14.8. The highest BCUT2D eigenvalue weighted by Gasteiger charge is 2.36.